The Labute approximate surface area is 120 Å². The van der Waals surface area contributed by atoms with Crippen LogP contribution < -0.4 is 11.3 Å². The summed E-state index contributed by atoms with van der Waals surface area (Å²) in [6.45, 7) is 0. The lowest BCUT2D eigenvalue weighted by Gasteiger charge is -2.04. The summed E-state index contributed by atoms with van der Waals surface area (Å²) in [5.74, 6) is 5.32. The van der Waals surface area contributed by atoms with Gasteiger partial charge in [-0.25, -0.2) is 15.5 Å². The molecule has 0 aliphatic carbocycles. The van der Waals surface area contributed by atoms with Crippen molar-refractivity contribution in [3.8, 4) is 17.1 Å². The van der Waals surface area contributed by atoms with Crippen molar-refractivity contribution in [3.05, 3.63) is 60.7 Å². The van der Waals surface area contributed by atoms with Crippen LogP contribution in [0.5, 0.6) is 0 Å². The highest BCUT2D eigenvalue weighted by Crippen LogP contribution is 2.20. The van der Waals surface area contributed by atoms with Gasteiger partial charge in [-0.15, -0.1) is 0 Å². The van der Waals surface area contributed by atoms with Gasteiger partial charge in [0.25, 0.3) is 5.91 Å². The highest BCUT2D eigenvalue weighted by atomic mass is 16.2. The van der Waals surface area contributed by atoms with Crippen molar-refractivity contribution < 1.29 is 4.79 Å². The number of pyridine rings is 2. The Kier molecular flexibility index (Phi) is 3.40. The molecule has 7 nitrogen and oxygen atoms in total. The van der Waals surface area contributed by atoms with Gasteiger partial charge in [0.1, 0.15) is 5.69 Å². The van der Waals surface area contributed by atoms with E-state index in [4.69, 9.17) is 5.84 Å². The van der Waals surface area contributed by atoms with Crippen molar-refractivity contribution in [2.45, 2.75) is 0 Å². The third-order valence-corrected chi connectivity index (χ3v) is 2.90. The molecule has 3 aromatic heterocycles. The minimum Gasteiger partial charge on any atom is -0.289 e. The normalized spacial score (nSPS) is 10.3. The first kappa shape index (κ1) is 12.9. The third-order valence-electron chi connectivity index (χ3n) is 2.90. The topological polar surface area (TPSA) is 98.7 Å². The molecule has 3 rings (SSSR count). The zero-order valence-corrected chi connectivity index (χ0v) is 11.0. The van der Waals surface area contributed by atoms with E-state index >= 15 is 0 Å². The quantitative estimate of drug-likeness (QED) is 0.422. The van der Waals surface area contributed by atoms with Crippen molar-refractivity contribution in [1.29, 1.82) is 0 Å². The van der Waals surface area contributed by atoms with Crippen molar-refractivity contribution in [3.63, 3.8) is 0 Å². The van der Waals surface area contributed by atoms with Gasteiger partial charge in [-0.1, -0.05) is 6.07 Å². The number of carbonyl (C=O) groups is 1. The molecule has 0 spiro atoms. The molecule has 0 radical (unpaired) electrons. The van der Waals surface area contributed by atoms with Crippen molar-refractivity contribution >= 4 is 5.91 Å². The summed E-state index contributed by atoms with van der Waals surface area (Å²) in [4.78, 5) is 20.2. The maximum atomic E-state index is 11.9. The molecule has 3 aromatic rings. The first-order valence-corrected chi connectivity index (χ1v) is 6.22. The molecule has 3 heterocycles. The summed E-state index contributed by atoms with van der Waals surface area (Å²) in [7, 11) is 0. The van der Waals surface area contributed by atoms with Gasteiger partial charge >= 0.3 is 0 Å². The van der Waals surface area contributed by atoms with Gasteiger partial charge in [-0.3, -0.25) is 15.2 Å². The lowest BCUT2D eigenvalue weighted by atomic mass is 10.2. The Morgan fingerprint density at radius 3 is 2.76 bits per heavy atom. The SMILES string of the molecule is NNC(=O)c1cc(-c2cccnc2)nn1-c1ccccn1. The lowest BCUT2D eigenvalue weighted by molar-refractivity contribution is 0.0945. The summed E-state index contributed by atoms with van der Waals surface area (Å²) in [5.41, 5.74) is 3.84. The molecule has 7 heteroatoms. The fraction of sp³-hybridized carbons (Fsp3) is 0. The Morgan fingerprint density at radius 1 is 1.19 bits per heavy atom. The molecule has 0 bridgehead atoms. The molecule has 1 amide bonds. The molecule has 104 valence electrons. The highest BCUT2D eigenvalue weighted by Gasteiger charge is 2.17. The van der Waals surface area contributed by atoms with Crippen LogP contribution >= 0.6 is 0 Å². The number of nitrogens with one attached hydrogen (secondary N) is 1. The molecule has 0 saturated carbocycles. The monoisotopic (exact) mass is 280 g/mol. The molecule has 0 saturated heterocycles. The number of hydrogen-bond acceptors (Lipinski definition) is 5. The van der Waals surface area contributed by atoms with Crippen LogP contribution in [0.1, 0.15) is 10.5 Å². The Bertz CT molecular complexity index is 754. The molecule has 21 heavy (non-hydrogen) atoms. The van der Waals surface area contributed by atoms with Crippen LogP contribution in [0.25, 0.3) is 17.1 Å². The van der Waals surface area contributed by atoms with E-state index in [0.29, 0.717) is 17.2 Å². The van der Waals surface area contributed by atoms with Crippen LogP contribution in [0.15, 0.2) is 55.0 Å². The Morgan fingerprint density at radius 2 is 2.10 bits per heavy atom. The molecular formula is C14H12N6O. The number of hydrogen-bond donors (Lipinski definition) is 2. The number of rotatable bonds is 3. The number of nitrogen functional groups attached to an aromatic ring is 1. The summed E-state index contributed by atoms with van der Waals surface area (Å²) in [5, 5.41) is 4.42. The molecule has 0 atom stereocenters. The van der Waals surface area contributed by atoms with Gasteiger partial charge in [-0.05, 0) is 30.3 Å². The van der Waals surface area contributed by atoms with Crippen LogP contribution in [-0.4, -0.2) is 25.7 Å². The summed E-state index contributed by atoms with van der Waals surface area (Å²) < 4.78 is 1.45. The van der Waals surface area contributed by atoms with Crippen LogP contribution in [-0.2, 0) is 0 Å². The fourth-order valence-electron chi connectivity index (χ4n) is 1.93. The number of amides is 1. The first-order chi connectivity index (χ1) is 10.3. The zero-order chi connectivity index (χ0) is 14.7. The number of nitrogens with two attached hydrogens (primary N) is 1. The zero-order valence-electron chi connectivity index (χ0n) is 11.0. The third kappa shape index (κ3) is 2.49. The second-order valence-corrected chi connectivity index (χ2v) is 4.23. The van der Waals surface area contributed by atoms with Crippen LogP contribution in [0, 0.1) is 0 Å². The van der Waals surface area contributed by atoms with Gasteiger partial charge < -0.3 is 0 Å². The highest BCUT2D eigenvalue weighted by molar-refractivity contribution is 5.93. The average Bonchev–Trinajstić information content (AvgIpc) is 3.01. The van der Waals surface area contributed by atoms with E-state index in [1.54, 1.807) is 42.9 Å². The maximum Gasteiger partial charge on any atom is 0.283 e. The smallest absolute Gasteiger partial charge is 0.283 e. The van der Waals surface area contributed by atoms with Crippen LogP contribution in [0.2, 0.25) is 0 Å². The molecule has 0 fully saturated rings. The maximum absolute atomic E-state index is 11.9. The van der Waals surface area contributed by atoms with E-state index in [-0.39, 0.29) is 0 Å². The van der Waals surface area contributed by atoms with Gasteiger partial charge in [0.05, 0.1) is 5.69 Å². The number of carbonyl (C=O) groups excluding carboxylic acids is 1. The van der Waals surface area contributed by atoms with Crippen molar-refractivity contribution in [2.24, 2.45) is 5.84 Å². The standard InChI is InChI=1S/C14H12N6O/c15-18-14(21)12-8-11(10-4-3-6-16-9-10)19-20(12)13-5-1-2-7-17-13/h1-9H,15H2,(H,18,21). The van der Waals surface area contributed by atoms with E-state index < -0.39 is 5.91 Å². The predicted molar refractivity (Wildman–Crippen MR) is 76.2 cm³/mol. The number of aromatic nitrogens is 4. The largest absolute Gasteiger partial charge is 0.289 e. The van der Waals surface area contributed by atoms with Crippen molar-refractivity contribution in [2.75, 3.05) is 0 Å². The predicted octanol–water partition coefficient (Wildman–Crippen LogP) is 0.933. The Balaban J connectivity index is 2.14. The molecule has 0 aromatic carbocycles. The first-order valence-electron chi connectivity index (χ1n) is 6.22. The summed E-state index contributed by atoms with van der Waals surface area (Å²) >= 11 is 0. The van der Waals surface area contributed by atoms with Gasteiger partial charge in [0.15, 0.2) is 5.82 Å². The second kappa shape index (κ2) is 5.51. The van der Waals surface area contributed by atoms with E-state index in [1.807, 2.05) is 12.1 Å². The minimum absolute atomic E-state index is 0.301. The van der Waals surface area contributed by atoms with Crippen LogP contribution in [0.4, 0.5) is 0 Å². The second-order valence-electron chi connectivity index (χ2n) is 4.23. The van der Waals surface area contributed by atoms with Crippen molar-refractivity contribution in [1.82, 2.24) is 25.2 Å². The van der Waals surface area contributed by atoms with E-state index in [2.05, 4.69) is 20.5 Å². The van der Waals surface area contributed by atoms with E-state index in [9.17, 15) is 4.79 Å². The van der Waals surface area contributed by atoms with E-state index in [0.717, 1.165) is 5.56 Å². The summed E-state index contributed by atoms with van der Waals surface area (Å²) in [6, 6.07) is 10.7. The average molecular weight is 280 g/mol. The van der Waals surface area contributed by atoms with Crippen LogP contribution in [0.3, 0.4) is 0 Å². The van der Waals surface area contributed by atoms with E-state index in [1.165, 1.54) is 4.68 Å². The number of hydrazine groups is 1. The molecule has 3 N–H and O–H groups in total. The number of nitrogens with zero attached hydrogens (tertiary/aromatic N) is 4. The van der Waals surface area contributed by atoms with Gasteiger partial charge in [-0.2, -0.15) is 5.10 Å². The minimum atomic E-state index is -0.441. The molecule has 0 unspecified atom stereocenters. The van der Waals surface area contributed by atoms with Gasteiger partial charge in [0, 0.05) is 24.2 Å². The molecule has 0 aliphatic rings. The Hall–Kier alpha value is -3.06. The summed E-state index contributed by atoms with van der Waals surface area (Å²) in [6.07, 6.45) is 4.98. The van der Waals surface area contributed by atoms with Gasteiger partial charge in [0.2, 0.25) is 0 Å². The molecule has 0 aliphatic heterocycles. The fourth-order valence-corrected chi connectivity index (χ4v) is 1.93. The molecular weight excluding hydrogens is 268 g/mol. The lowest BCUT2D eigenvalue weighted by Crippen LogP contribution is -2.31.